The van der Waals surface area contributed by atoms with Gasteiger partial charge in [-0.3, -0.25) is 14.5 Å². The third kappa shape index (κ3) is 4.21. The van der Waals surface area contributed by atoms with E-state index in [1.54, 1.807) is 0 Å². The van der Waals surface area contributed by atoms with E-state index in [-0.39, 0.29) is 17.0 Å². The summed E-state index contributed by atoms with van der Waals surface area (Å²) < 4.78 is 32.0. The topological polar surface area (TPSA) is 95.7 Å². The lowest BCUT2D eigenvalue weighted by Crippen LogP contribution is -2.55. The van der Waals surface area contributed by atoms with Crippen LogP contribution in [0.15, 0.2) is 28.8 Å². The fourth-order valence-electron chi connectivity index (χ4n) is 4.45. The Morgan fingerprint density at radius 1 is 1.17 bits per heavy atom. The van der Waals surface area contributed by atoms with Gasteiger partial charge < -0.3 is 14.9 Å². The maximum Gasteiger partial charge on any atom is 0.309 e. The Morgan fingerprint density at radius 3 is 2.63 bits per heavy atom. The van der Waals surface area contributed by atoms with Gasteiger partial charge in [-0.2, -0.15) is 0 Å². The zero-order valence-electron chi connectivity index (χ0n) is 16.3. The van der Waals surface area contributed by atoms with E-state index < -0.39 is 35.5 Å². The van der Waals surface area contributed by atoms with Crippen molar-refractivity contribution in [3.63, 3.8) is 0 Å². The fourth-order valence-corrected chi connectivity index (χ4v) is 4.45. The van der Waals surface area contributed by atoms with Crippen LogP contribution >= 0.6 is 0 Å². The van der Waals surface area contributed by atoms with Gasteiger partial charge in [0.25, 0.3) is 5.91 Å². The van der Waals surface area contributed by atoms with E-state index >= 15 is 0 Å². The molecule has 1 saturated carbocycles. The van der Waals surface area contributed by atoms with Crippen LogP contribution in [0, 0.1) is 17.6 Å². The van der Waals surface area contributed by atoms with Crippen molar-refractivity contribution >= 4 is 11.9 Å². The predicted molar refractivity (Wildman–Crippen MR) is 103 cm³/mol. The van der Waals surface area contributed by atoms with Gasteiger partial charge in [-0.25, -0.2) is 8.78 Å². The van der Waals surface area contributed by atoms with Gasteiger partial charge >= 0.3 is 5.97 Å². The van der Waals surface area contributed by atoms with Crippen LogP contribution in [0.1, 0.15) is 42.7 Å². The van der Waals surface area contributed by atoms with Crippen molar-refractivity contribution < 1.29 is 28.0 Å². The van der Waals surface area contributed by atoms with Gasteiger partial charge in [0.15, 0.2) is 0 Å². The summed E-state index contributed by atoms with van der Waals surface area (Å²) in [4.78, 5) is 26.6. The van der Waals surface area contributed by atoms with Crippen LogP contribution in [0.3, 0.4) is 0 Å². The van der Waals surface area contributed by atoms with Crippen molar-refractivity contribution in [3.8, 4) is 11.3 Å². The monoisotopic (exact) mass is 419 g/mol. The van der Waals surface area contributed by atoms with Gasteiger partial charge in [0.05, 0.1) is 5.92 Å². The molecule has 2 heterocycles. The number of carboxylic acids is 1. The average molecular weight is 419 g/mol. The number of aromatic nitrogens is 1. The van der Waals surface area contributed by atoms with Crippen LogP contribution in [-0.2, 0) is 4.79 Å². The highest BCUT2D eigenvalue weighted by atomic mass is 19.1. The highest BCUT2D eigenvalue weighted by Crippen LogP contribution is 2.29. The Kier molecular flexibility index (Phi) is 5.80. The molecule has 2 fully saturated rings. The average Bonchev–Trinajstić information content (AvgIpc) is 3.40. The summed E-state index contributed by atoms with van der Waals surface area (Å²) in [7, 11) is 0. The summed E-state index contributed by atoms with van der Waals surface area (Å²) in [5.41, 5.74) is 0.0657. The highest BCUT2D eigenvalue weighted by Gasteiger charge is 2.38. The zero-order chi connectivity index (χ0) is 21.3. The lowest BCUT2D eigenvalue weighted by atomic mass is 9.90. The van der Waals surface area contributed by atoms with Crippen molar-refractivity contribution in [2.45, 2.75) is 44.2 Å². The Hall–Kier alpha value is -2.81. The molecule has 30 heavy (non-hydrogen) atoms. The van der Waals surface area contributed by atoms with E-state index in [4.69, 9.17) is 4.52 Å². The van der Waals surface area contributed by atoms with E-state index in [1.807, 2.05) is 0 Å². The molecule has 0 spiro atoms. The summed E-state index contributed by atoms with van der Waals surface area (Å²) in [6.45, 7) is 1.12. The second kappa shape index (κ2) is 8.51. The number of halogens is 2. The van der Waals surface area contributed by atoms with Crippen LogP contribution in [0.5, 0.6) is 0 Å². The maximum absolute atomic E-state index is 13.9. The molecular weight excluding hydrogens is 396 g/mol. The minimum absolute atomic E-state index is 0.00693. The third-order valence-electron chi connectivity index (χ3n) is 6.06. The minimum Gasteiger partial charge on any atom is -0.481 e. The van der Waals surface area contributed by atoms with Crippen LogP contribution in [0.2, 0.25) is 0 Å². The molecule has 1 aliphatic heterocycles. The van der Waals surface area contributed by atoms with Crippen LogP contribution in [-0.4, -0.2) is 52.2 Å². The number of likely N-dealkylation sites (tertiary alicyclic amines) is 1. The molecule has 0 radical (unpaired) electrons. The first-order valence-corrected chi connectivity index (χ1v) is 10.1. The molecule has 7 nitrogen and oxygen atoms in total. The van der Waals surface area contributed by atoms with E-state index in [0.717, 1.165) is 31.5 Å². The third-order valence-corrected chi connectivity index (χ3v) is 6.06. The molecule has 1 saturated heterocycles. The van der Waals surface area contributed by atoms with Gasteiger partial charge in [0.2, 0.25) is 5.76 Å². The van der Waals surface area contributed by atoms with Gasteiger partial charge in [0.1, 0.15) is 17.3 Å². The lowest BCUT2D eigenvalue weighted by Gasteiger charge is -2.39. The number of piperidine rings is 1. The number of carbonyl (C=O) groups excluding carboxylic acids is 1. The molecule has 160 valence electrons. The van der Waals surface area contributed by atoms with E-state index in [2.05, 4.69) is 15.4 Å². The first-order valence-electron chi connectivity index (χ1n) is 10.1. The SMILES string of the molecule is O=C(N[C@@H]1CCN(C2CCCC2)C[C@H]1C(=O)O)c1cc(-c2ccc(F)cc2F)no1. The van der Waals surface area contributed by atoms with Gasteiger partial charge in [0, 0.05) is 42.9 Å². The smallest absolute Gasteiger partial charge is 0.309 e. The van der Waals surface area contributed by atoms with E-state index in [9.17, 15) is 23.5 Å². The summed E-state index contributed by atoms with van der Waals surface area (Å²) in [6.07, 6.45) is 5.03. The number of hydrogen-bond acceptors (Lipinski definition) is 5. The van der Waals surface area contributed by atoms with Crippen LogP contribution in [0.25, 0.3) is 11.3 Å². The van der Waals surface area contributed by atoms with E-state index in [1.165, 1.54) is 25.0 Å². The van der Waals surface area contributed by atoms with Crippen LogP contribution in [0.4, 0.5) is 8.78 Å². The number of amides is 1. The number of aliphatic carboxylic acids is 1. The summed E-state index contributed by atoms with van der Waals surface area (Å²) >= 11 is 0. The van der Waals surface area contributed by atoms with Gasteiger partial charge in [-0.15, -0.1) is 0 Å². The summed E-state index contributed by atoms with van der Waals surface area (Å²) in [6, 6.07) is 4.16. The number of nitrogens with one attached hydrogen (secondary N) is 1. The van der Waals surface area contributed by atoms with Crippen molar-refractivity contribution in [2.75, 3.05) is 13.1 Å². The number of benzene rings is 1. The largest absolute Gasteiger partial charge is 0.481 e. The molecule has 9 heteroatoms. The van der Waals surface area contributed by atoms with Crippen LogP contribution < -0.4 is 5.32 Å². The maximum atomic E-state index is 13.9. The molecule has 1 aliphatic carbocycles. The molecule has 1 aromatic heterocycles. The normalized spacial score (nSPS) is 22.9. The second-order valence-electron chi connectivity index (χ2n) is 7.95. The number of carbonyl (C=O) groups is 2. The molecule has 0 unspecified atom stereocenters. The predicted octanol–water partition coefficient (Wildman–Crippen LogP) is 3.07. The zero-order valence-corrected chi connectivity index (χ0v) is 16.3. The quantitative estimate of drug-likeness (QED) is 0.773. The second-order valence-corrected chi connectivity index (χ2v) is 7.95. The van der Waals surface area contributed by atoms with Crippen molar-refractivity contribution in [3.05, 3.63) is 41.7 Å². The molecular formula is C21H23F2N3O4. The van der Waals surface area contributed by atoms with Crippen molar-refractivity contribution in [1.82, 2.24) is 15.4 Å². The molecule has 0 bridgehead atoms. The molecule has 2 aromatic rings. The van der Waals surface area contributed by atoms with Gasteiger partial charge in [-0.1, -0.05) is 18.0 Å². The standard InChI is InChI=1S/C21H23F2N3O4/c22-12-5-6-14(16(23)9-12)18-10-19(30-25-18)20(27)24-17-7-8-26(11-15(17)21(28)29)13-3-1-2-4-13/h5-6,9-10,13,15,17H,1-4,7-8,11H2,(H,24,27)(H,28,29)/t15-,17-/m1/s1. The Labute approximate surface area is 172 Å². The summed E-state index contributed by atoms with van der Waals surface area (Å²) in [5, 5.41) is 16.1. The van der Waals surface area contributed by atoms with Crippen molar-refractivity contribution in [2.24, 2.45) is 5.92 Å². The van der Waals surface area contributed by atoms with E-state index in [0.29, 0.717) is 19.0 Å². The number of hydrogen-bond donors (Lipinski definition) is 2. The lowest BCUT2D eigenvalue weighted by molar-refractivity contribution is -0.145. The molecule has 2 atom stereocenters. The Bertz CT molecular complexity index is 942. The molecule has 4 rings (SSSR count). The summed E-state index contributed by atoms with van der Waals surface area (Å²) in [5.74, 6) is -3.98. The molecule has 1 aromatic carbocycles. The van der Waals surface area contributed by atoms with Crippen molar-refractivity contribution in [1.29, 1.82) is 0 Å². The highest BCUT2D eigenvalue weighted by molar-refractivity contribution is 5.93. The fraction of sp³-hybridized carbons (Fsp3) is 0.476. The molecule has 2 N–H and O–H groups in total. The minimum atomic E-state index is -0.949. The number of rotatable bonds is 5. The Balaban J connectivity index is 1.44. The molecule has 2 aliphatic rings. The Morgan fingerprint density at radius 2 is 1.93 bits per heavy atom. The number of carboxylic acid groups (broad SMARTS) is 1. The molecule has 1 amide bonds. The first kappa shape index (κ1) is 20.5. The number of nitrogens with zero attached hydrogens (tertiary/aromatic N) is 2. The van der Waals surface area contributed by atoms with Gasteiger partial charge in [-0.05, 0) is 31.4 Å². The first-order chi connectivity index (χ1) is 14.4.